The number of rotatable bonds is 4. The third-order valence-electron chi connectivity index (χ3n) is 3.61. The minimum atomic E-state index is -0.475. The highest BCUT2D eigenvalue weighted by molar-refractivity contribution is 6.32. The number of benzene rings is 2. The van der Waals surface area contributed by atoms with Crippen LogP contribution in [0.4, 0.5) is 11.5 Å². The van der Waals surface area contributed by atoms with Crippen LogP contribution in [0.5, 0.6) is 5.75 Å². The number of aryl methyl sites for hydroxylation is 1. The van der Waals surface area contributed by atoms with Crippen LogP contribution in [0.1, 0.15) is 16.1 Å². The lowest BCUT2D eigenvalue weighted by Crippen LogP contribution is -2.15. The van der Waals surface area contributed by atoms with E-state index in [0.717, 1.165) is 11.3 Å². The number of halogens is 1. The number of amides is 1. The molecule has 1 amide bonds. The Kier molecular flexibility index (Phi) is 4.58. The lowest BCUT2D eigenvalue weighted by molar-refractivity contribution is 0.102. The van der Waals surface area contributed by atoms with Crippen molar-refractivity contribution in [2.75, 3.05) is 18.2 Å². The highest BCUT2D eigenvalue weighted by Crippen LogP contribution is 2.27. The first kappa shape index (κ1) is 16.8. The molecule has 25 heavy (non-hydrogen) atoms. The van der Waals surface area contributed by atoms with Gasteiger partial charge in [-0.15, -0.1) is 5.10 Å². The molecular formula is C17H16ClN5O2. The number of carbonyl (C=O) groups excluding carboxylic acids is 1. The number of hydrogen-bond acceptors (Lipinski definition) is 5. The number of nitrogens with one attached hydrogen (secondary N) is 1. The average molecular weight is 358 g/mol. The summed E-state index contributed by atoms with van der Waals surface area (Å²) in [6.45, 7) is 1.98. The van der Waals surface area contributed by atoms with Gasteiger partial charge in [0.05, 0.1) is 17.8 Å². The fraction of sp³-hybridized carbons (Fsp3) is 0.118. The molecule has 0 saturated carbocycles. The quantitative estimate of drug-likeness (QED) is 0.748. The standard InChI is InChI=1S/C17H16ClN5O2/c1-10-3-6-12(7-4-10)23-16(19)15(21-22-23)17(24)20-11-5-8-14(25-2)13(18)9-11/h3-9H,19H2,1-2H3,(H,20,24). The number of nitrogens with two attached hydrogens (primary N) is 1. The Balaban J connectivity index is 1.83. The molecule has 3 rings (SSSR count). The average Bonchev–Trinajstić information content (AvgIpc) is 2.97. The van der Waals surface area contributed by atoms with Crippen LogP contribution in [0.2, 0.25) is 5.02 Å². The van der Waals surface area contributed by atoms with Gasteiger partial charge < -0.3 is 15.8 Å². The first-order valence-corrected chi connectivity index (χ1v) is 7.80. The van der Waals surface area contributed by atoms with Crippen molar-refractivity contribution in [2.45, 2.75) is 6.92 Å². The zero-order chi connectivity index (χ0) is 18.0. The Morgan fingerprint density at radius 3 is 2.60 bits per heavy atom. The van der Waals surface area contributed by atoms with Crippen LogP contribution < -0.4 is 15.8 Å². The smallest absolute Gasteiger partial charge is 0.280 e. The van der Waals surface area contributed by atoms with E-state index in [1.54, 1.807) is 18.2 Å². The second-order valence-electron chi connectivity index (χ2n) is 5.37. The Hall–Kier alpha value is -3.06. The number of nitrogens with zero attached hydrogens (tertiary/aromatic N) is 3. The van der Waals surface area contributed by atoms with Crippen molar-refractivity contribution in [1.29, 1.82) is 0 Å². The first-order valence-electron chi connectivity index (χ1n) is 7.42. The van der Waals surface area contributed by atoms with Gasteiger partial charge in [0.15, 0.2) is 11.5 Å². The van der Waals surface area contributed by atoms with Crippen LogP contribution >= 0.6 is 11.6 Å². The lowest BCUT2D eigenvalue weighted by Gasteiger charge is -2.07. The number of aromatic nitrogens is 3. The Morgan fingerprint density at radius 2 is 1.96 bits per heavy atom. The van der Waals surface area contributed by atoms with Crippen molar-refractivity contribution in [2.24, 2.45) is 0 Å². The Morgan fingerprint density at radius 1 is 1.24 bits per heavy atom. The van der Waals surface area contributed by atoms with Gasteiger partial charge in [0.25, 0.3) is 5.91 Å². The SMILES string of the molecule is COc1ccc(NC(=O)c2nnn(-c3ccc(C)cc3)c2N)cc1Cl. The summed E-state index contributed by atoms with van der Waals surface area (Å²) in [5, 5.41) is 10.9. The van der Waals surface area contributed by atoms with Crippen LogP contribution in [0.25, 0.3) is 5.69 Å². The molecule has 0 spiro atoms. The van der Waals surface area contributed by atoms with Crippen LogP contribution in [0, 0.1) is 6.92 Å². The molecule has 2 aromatic carbocycles. The largest absolute Gasteiger partial charge is 0.495 e. The monoisotopic (exact) mass is 357 g/mol. The summed E-state index contributed by atoms with van der Waals surface area (Å²) in [7, 11) is 1.52. The molecule has 0 saturated heterocycles. The predicted octanol–water partition coefficient (Wildman–Crippen LogP) is 3.07. The van der Waals surface area contributed by atoms with E-state index in [2.05, 4.69) is 15.6 Å². The summed E-state index contributed by atoms with van der Waals surface area (Å²) in [4.78, 5) is 12.4. The van der Waals surface area contributed by atoms with E-state index in [9.17, 15) is 4.79 Å². The third kappa shape index (κ3) is 3.41. The number of methoxy groups -OCH3 is 1. The number of ether oxygens (including phenoxy) is 1. The van der Waals surface area contributed by atoms with Crippen LogP contribution in [-0.2, 0) is 0 Å². The van der Waals surface area contributed by atoms with E-state index in [0.29, 0.717) is 16.5 Å². The fourth-order valence-electron chi connectivity index (χ4n) is 2.26. The summed E-state index contributed by atoms with van der Waals surface area (Å²) >= 11 is 6.05. The van der Waals surface area contributed by atoms with E-state index in [1.807, 2.05) is 31.2 Å². The van der Waals surface area contributed by atoms with Crippen molar-refractivity contribution in [3.8, 4) is 11.4 Å². The normalized spacial score (nSPS) is 10.5. The summed E-state index contributed by atoms with van der Waals surface area (Å²) in [6, 6.07) is 12.5. The Labute approximate surface area is 149 Å². The number of hydrogen-bond donors (Lipinski definition) is 2. The number of nitrogen functional groups attached to an aromatic ring is 1. The van der Waals surface area contributed by atoms with E-state index in [-0.39, 0.29) is 11.5 Å². The second-order valence-corrected chi connectivity index (χ2v) is 5.78. The predicted molar refractivity (Wildman–Crippen MR) is 96.5 cm³/mol. The summed E-state index contributed by atoms with van der Waals surface area (Å²) in [6.07, 6.45) is 0. The maximum Gasteiger partial charge on any atom is 0.280 e. The van der Waals surface area contributed by atoms with Gasteiger partial charge in [-0.3, -0.25) is 4.79 Å². The van der Waals surface area contributed by atoms with Crippen molar-refractivity contribution in [3.05, 3.63) is 58.7 Å². The van der Waals surface area contributed by atoms with Crippen molar-refractivity contribution in [3.63, 3.8) is 0 Å². The van der Waals surface area contributed by atoms with E-state index < -0.39 is 5.91 Å². The minimum Gasteiger partial charge on any atom is -0.495 e. The van der Waals surface area contributed by atoms with E-state index in [4.69, 9.17) is 22.1 Å². The molecule has 0 unspecified atom stereocenters. The topological polar surface area (TPSA) is 95.1 Å². The lowest BCUT2D eigenvalue weighted by atomic mass is 10.2. The molecule has 1 heterocycles. The number of carbonyl (C=O) groups is 1. The van der Waals surface area contributed by atoms with Gasteiger partial charge in [0.1, 0.15) is 5.75 Å². The first-order chi connectivity index (χ1) is 12.0. The maximum absolute atomic E-state index is 12.4. The summed E-state index contributed by atoms with van der Waals surface area (Å²) < 4.78 is 6.49. The van der Waals surface area contributed by atoms with Crippen LogP contribution in [0.15, 0.2) is 42.5 Å². The maximum atomic E-state index is 12.4. The molecule has 0 aliphatic heterocycles. The molecule has 128 valence electrons. The Bertz CT molecular complexity index is 921. The highest BCUT2D eigenvalue weighted by Gasteiger charge is 2.19. The fourth-order valence-corrected chi connectivity index (χ4v) is 2.52. The van der Waals surface area contributed by atoms with Crippen LogP contribution in [-0.4, -0.2) is 28.0 Å². The highest BCUT2D eigenvalue weighted by atomic mass is 35.5. The van der Waals surface area contributed by atoms with Gasteiger partial charge in [-0.1, -0.05) is 34.5 Å². The zero-order valence-corrected chi connectivity index (χ0v) is 14.4. The van der Waals surface area contributed by atoms with Crippen molar-refractivity contribution < 1.29 is 9.53 Å². The molecule has 7 nitrogen and oxygen atoms in total. The zero-order valence-electron chi connectivity index (χ0n) is 13.7. The molecule has 0 atom stereocenters. The second kappa shape index (κ2) is 6.82. The molecule has 3 N–H and O–H groups in total. The molecule has 0 bridgehead atoms. The van der Waals surface area contributed by atoms with E-state index >= 15 is 0 Å². The van der Waals surface area contributed by atoms with Crippen LogP contribution in [0.3, 0.4) is 0 Å². The number of anilines is 2. The molecule has 0 aliphatic carbocycles. The molecule has 1 aromatic heterocycles. The minimum absolute atomic E-state index is 0.0347. The molecular weight excluding hydrogens is 342 g/mol. The summed E-state index contributed by atoms with van der Waals surface area (Å²) in [5.41, 5.74) is 8.40. The summed E-state index contributed by atoms with van der Waals surface area (Å²) in [5.74, 6) is 0.197. The van der Waals surface area contributed by atoms with Gasteiger partial charge in [0.2, 0.25) is 0 Å². The molecule has 0 fully saturated rings. The van der Waals surface area contributed by atoms with Crippen molar-refractivity contribution in [1.82, 2.24) is 15.0 Å². The van der Waals surface area contributed by atoms with Gasteiger partial charge in [-0.25, -0.2) is 0 Å². The molecule has 8 heteroatoms. The molecule has 0 radical (unpaired) electrons. The third-order valence-corrected chi connectivity index (χ3v) is 3.90. The molecule has 0 aliphatic rings. The van der Waals surface area contributed by atoms with E-state index in [1.165, 1.54) is 11.8 Å². The van der Waals surface area contributed by atoms with Crippen molar-refractivity contribution >= 4 is 29.0 Å². The van der Waals surface area contributed by atoms with Gasteiger partial charge in [-0.2, -0.15) is 4.68 Å². The van der Waals surface area contributed by atoms with Gasteiger partial charge >= 0.3 is 0 Å². The molecule has 3 aromatic rings. The van der Waals surface area contributed by atoms with Gasteiger partial charge in [-0.05, 0) is 37.3 Å². The van der Waals surface area contributed by atoms with Gasteiger partial charge in [0, 0.05) is 5.69 Å².